The Morgan fingerprint density at radius 2 is 1.43 bits per heavy atom. The summed E-state index contributed by atoms with van der Waals surface area (Å²) in [6, 6.07) is 0. The first-order valence-corrected chi connectivity index (χ1v) is 8.55. The summed E-state index contributed by atoms with van der Waals surface area (Å²) in [5, 5.41) is 0. The molecule has 0 amide bonds. The summed E-state index contributed by atoms with van der Waals surface area (Å²) < 4.78 is 0. The SMILES string of the molecule is C[Si](C)(C)[SiH2][O-].[Li+]. The van der Waals surface area contributed by atoms with Crippen LogP contribution in [0.4, 0.5) is 0 Å². The first-order chi connectivity index (χ1) is 2.56. The molecule has 7 heavy (non-hydrogen) atoms. The molecule has 0 spiro atoms. The van der Waals surface area contributed by atoms with Crippen LogP contribution in [0.5, 0.6) is 0 Å². The summed E-state index contributed by atoms with van der Waals surface area (Å²) in [5.74, 6) is 0. The van der Waals surface area contributed by atoms with E-state index in [1.807, 2.05) is 0 Å². The van der Waals surface area contributed by atoms with Crippen molar-refractivity contribution in [3.63, 3.8) is 0 Å². The van der Waals surface area contributed by atoms with E-state index in [4.69, 9.17) is 0 Å². The van der Waals surface area contributed by atoms with Gasteiger partial charge in [-0.25, -0.2) is 0 Å². The summed E-state index contributed by atoms with van der Waals surface area (Å²) in [4.78, 5) is 10.2. The molecule has 0 saturated carbocycles. The van der Waals surface area contributed by atoms with Crippen LogP contribution in [0.3, 0.4) is 0 Å². The molecule has 0 aliphatic rings. The fourth-order valence-electron chi connectivity index (χ4n) is 0. The molecule has 0 aromatic rings. The third-order valence-corrected chi connectivity index (χ3v) is 3.90. The maximum Gasteiger partial charge on any atom is 1.00 e. The number of hydrogen-bond acceptors (Lipinski definition) is 1. The largest absolute Gasteiger partial charge is 1.00 e. The van der Waals surface area contributed by atoms with Gasteiger partial charge in [-0.1, -0.05) is 28.9 Å². The molecule has 1 nitrogen and oxygen atoms in total. The van der Waals surface area contributed by atoms with Gasteiger partial charge in [-0.3, -0.25) is 0 Å². The zero-order chi connectivity index (χ0) is 5.21. The van der Waals surface area contributed by atoms with E-state index in [0.29, 0.717) is 0 Å². The monoisotopic (exact) mass is 126 g/mol. The van der Waals surface area contributed by atoms with E-state index in [0.717, 1.165) is 0 Å². The van der Waals surface area contributed by atoms with Crippen molar-refractivity contribution in [2.45, 2.75) is 19.6 Å². The molecule has 0 saturated heterocycles. The maximum atomic E-state index is 10.2. The van der Waals surface area contributed by atoms with Crippen LogP contribution in [0.2, 0.25) is 19.6 Å². The van der Waals surface area contributed by atoms with Gasteiger partial charge in [-0.2, -0.15) is 0 Å². The van der Waals surface area contributed by atoms with Crippen LogP contribution in [-0.4, -0.2) is 16.9 Å². The van der Waals surface area contributed by atoms with Gasteiger partial charge >= 0.3 is 18.9 Å². The van der Waals surface area contributed by atoms with Gasteiger partial charge in [-0.15, -0.1) is 0 Å². The van der Waals surface area contributed by atoms with Gasteiger partial charge in [0.05, 0.1) is 0 Å². The first kappa shape index (κ1) is 10.9. The normalized spacial score (nSPS) is 12.0. The molecule has 0 aromatic carbocycles. The molecule has 0 aliphatic heterocycles. The fourth-order valence-corrected chi connectivity index (χ4v) is 0. The molecule has 0 bridgehead atoms. The van der Waals surface area contributed by atoms with Gasteiger partial charge in [0.2, 0.25) is 0 Å². The van der Waals surface area contributed by atoms with Crippen molar-refractivity contribution in [1.29, 1.82) is 0 Å². The van der Waals surface area contributed by atoms with E-state index >= 15 is 0 Å². The second kappa shape index (κ2) is 3.93. The first-order valence-electron chi connectivity index (χ1n) is 2.14. The smallest absolute Gasteiger partial charge is 0.865 e. The fraction of sp³-hybridized carbons (Fsp3) is 1.00. The van der Waals surface area contributed by atoms with Crippen molar-refractivity contribution >= 4 is 16.9 Å². The van der Waals surface area contributed by atoms with Crippen LogP contribution in [0.1, 0.15) is 0 Å². The minimum atomic E-state index is -1.05. The molecule has 0 unspecified atom stereocenters. The maximum absolute atomic E-state index is 10.2. The molecule has 0 N–H and O–H groups in total. The molecule has 4 heteroatoms. The summed E-state index contributed by atoms with van der Waals surface area (Å²) in [6.45, 7) is 6.39. The van der Waals surface area contributed by atoms with Gasteiger partial charge < -0.3 is 4.80 Å². The van der Waals surface area contributed by atoms with Gasteiger partial charge in [0.15, 0.2) is 0 Å². The van der Waals surface area contributed by atoms with E-state index < -0.39 is 16.9 Å². The molecule has 0 rings (SSSR count). The summed E-state index contributed by atoms with van der Waals surface area (Å²) in [5.41, 5.74) is 0. The van der Waals surface area contributed by atoms with Crippen LogP contribution in [-0.2, 0) is 0 Å². The Kier molecular flexibility index (Phi) is 6.11. The molecule has 0 aliphatic carbocycles. The summed E-state index contributed by atoms with van der Waals surface area (Å²) in [6.07, 6.45) is 0. The Morgan fingerprint density at radius 1 is 1.29 bits per heavy atom. The van der Waals surface area contributed by atoms with Crippen molar-refractivity contribution in [3.8, 4) is 0 Å². The van der Waals surface area contributed by atoms with Gasteiger partial charge in [-0.05, 0) is 0 Å². The molecule has 0 heterocycles. The van der Waals surface area contributed by atoms with E-state index in [1.54, 1.807) is 0 Å². The quantitative estimate of drug-likeness (QED) is 0.331. The van der Waals surface area contributed by atoms with E-state index in [9.17, 15) is 4.80 Å². The minimum absolute atomic E-state index is 0. The molecular weight excluding hydrogens is 115 g/mol. The summed E-state index contributed by atoms with van der Waals surface area (Å²) >= 11 is 0. The van der Waals surface area contributed by atoms with Crippen molar-refractivity contribution in [2.75, 3.05) is 0 Å². The Bertz CT molecular complexity index is 42.7. The van der Waals surface area contributed by atoms with E-state index in [1.165, 1.54) is 0 Å². The second-order valence-electron chi connectivity index (χ2n) is 2.70. The minimum Gasteiger partial charge on any atom is -0.865 e. The van der Waals surface area contributed by atoms with Crippen LogP contribution in [0, 0.1) is 0 Å². The number of hydrogen-bond donors (Lipinski definition) is 0. The van der Waals surface area contributed by atoms with Crippen molar-refractivity contribution in [3.05, 3.63) is 0 Å². The molecule has 0 atom stereocenters. The van der Waals surface area contributed by atoms with Crippen molar-refractivity contribution in [2.24, 2.45) is 0 Å². The molecular formula is C3H11LiOSi2. The predicted octanol–water partition coefficient (Wildman–Crippen LogP) is -3.73. The van der Waals surface area contributed by atoms with Crippen LogP contribution in [0.15, 0.2) is 0 Å². The Morgan fingerprint density at radius 3 is 1.43 bits per heavy atom. The molecule has 0 fully saturated rings. The average Bonchev–Trinajstić information content (AvgIpc) is 1.35. The zero-order valence-electron chi connectivity index (χ0n) is 5.62. The Balaban J connectivity index is 0. The van der Waals surface area contributed by atoms with Gasteiger partial charge in [0, 0.05) is 7.59 Å². The van der Waals surface area contributed by atoms with E-state index in [-0.39, 0.29) is 18.9 Å². The van der Waals surface area contributed by atoms with Gasteiger partial charge in [0.1, 0.15) is 0 Å². The van der Waals surface area contributed by atoms with Crippen LogP contribution < -0.4 is 23.7 Å². The zero-order valence-corrected chi connectivity index (χ0v) is 8.03. The average molecular weight is 126 g/mol. The third kappa shape index (κ3) is 10.9. The second-order valence-corrected chi connectivity index (χ2v) is 15.3. The molecule has 38 valence electrons. The third-order valence-electron chi connectivity index (χ3n) is 0.433. The topological polar surface area (TPSA) is 23.1 Å². The Labute approximate surface area is 60.4 Å². The summed E-state index contributed by atoms with van der Waals surface area (Å²) in [7, 11) is -1.91. The molecule has 0 radical (unpaired) electrons. The van der Waals surface area contributed by atoms with Crippen LogP contribution >= 0.6 is 0 Å². The number of rotatable bonds is 1. The predicted molar refractivity (Wildman–Crippen MR) is 31.9 cm³/mol. The molecule has 0 aromatic heterocycles. The Hall–Kier alpha value is 0.991. The van der Waals surface area contributed by atoms with Crippen LogP contribution in [0.25, 0.3) is 0 Å². The van der Waals surface area contributed by atoms with E-state index in [2.05, 4.69) is 19.6 Å². The van der Waals surface area contributed by atoms with Gasteiger partial charge in [0.25, 0.3) is 0 Å². The standard InChI is InChI=1S/C3H11OSi2.Li/c1-6(2,3)5-4;/h5H2,1-3H3;/q-1;+1. The van der Waals surface area contributed by atoms with Crippen molar-refractivity contribution in [1.82, 2.24) is 0 Å². The van der Waals surface area contributed by atoms with Crippen molar-refractivity contribution < 1.29 is 23.7 Å².